The van der Waals surface area contributed by atoms with Crippen LogP contribution in [0.15, 0.2) is 59.5 Å². The van der Waals surface area contributed by atoms with Crippen molar-refractivity contribution in [2.24, 2.45) is 17.8 Å². The fourth-order valence-corrected chi connectivity index (χ4v) is 5.88. The zero-order chi connectivity index (χ0) is 19.9. The van der Waals surface area contributed by atoms with Crippen molar-refractivity contribution in [1.29, 1.82) is 0 Å². The van der Waals surface area contributed by atoms with Gasteiger partial charge in [0.2, 0.25) is 10.0 Å². The lowest BCUT2D eigenvalue weighted by molar-refractivity contribution is -0.133. The van der Waals surface area contributed by atoms with Crippen molar-refractivity contribution in [1.82, 2.24) is 4.31 Å². The number of ketones is 2. The van der Waals surface area contributed by atoms with Crippen molar-refractivity contribution < 1.29 is 18.0 Å². The summed E-state index contributed by atoms with van der Waals surface area (Å²) in [5.41, 5.74) is 1.65. The Labute approximate surface area is 165 Å². The van der Waals surface area contributed by atoms with Gasteiger partial charge < -0.3 is 0 Å². The second-order valence-electron chi connectivity index (χ2n) is 7.83. The molecule has 28 heavy (non-hydrogen) atoms. The van der Waals surface area contributed by atoms with E-state index in [0.29, 0.717) is 18.4 Å². The smallest absolute Gasteiger partial charge is 0.243 e. The highest BCUT2D eigenvalue weighted by Crippen LogP contribution is 2.38. The van der Waals surface area contributed by atoms with Gasteiger partial charge in [-0.05, 0) is 31.9 Å². The van der Waals surface area contributed by atoms with Gasteiger partial charge in [0.25, 0.3) is 0 Å². The second-order valence-corrected chi connectivity index (χ2v) is 9.77. The highest BCUT2D eigenvalue weighted by atomic mass is 32.2. The standard InChI is InChI=1S/C22H23NO4S/c1-15-7-9-20(10-8-15)28(26,27)23-13-18-11-17(12-19(14-23)22(18)25)21(24)16-5-3-2-4-6-16/h2-10,17-19H,11-14H2,1H3. The molecule has 4 rings (SSSR count). The van der Waals surface area contributed by atoms with Crippen LogP contribution >= 0.6 is 0 Å². The minimum Gasteiger partial charge on any atom is -0.299 e. The summed E-state index contributed by atoms with van der Waals surface area (Å²) < 4.78 is 27.5. The van der Waals surface area contributed by atoms with Crippen molar-refractivity contribution in [2.45, 2.75) is 24.7 Å². The van der Waals surface area contributed by atoms with Crippen LogP contribution in [-0.2, 0) is 14.8 Å². The van der Waals surface area contributed by atoms with E-state index in [1.54, 1.807) is 36.4 Å². The van der Waals surface area contributed by atoms with Crippen LogP contribution in [0.4, 0.5) is 0 Å². The Morgan fingerprint density at radius 3 is 2.07 bits per heavy atom. The Balaban J connectivity index is 1.54. The molecule has 1 heterocycles. The lowest BCUT2D eigenvalue weighted by Gasteiger charge is -2.42. The van der Waals surface area contributed by atoms with Crippen LogP contribution in [0.3, 0.4) is 0 Å². The molecule has 0 spiro atoms. The van der Waals surface area contributed by atoms with Gasteiger partial charge in [0.15, 0.2) is 5.78 Å². The number of hydrogen-bond donors (Lipinski definition) is 0. The largest absolute Gasteiger partial charge is 0.299 e. The van der Waals surface area contributed by atoms with E-state index in [4.69, 9.17) is 0 Å². The van der Waals surface area contributed by atoms with Gasteiger partial charge in [-0.15, -0.1) is 0 Å². The topological polar surface area (TPSA) is 71.5 Å². The van der Waals surface area contributed by atoms with Crippen molar-refractivity contribution in [3.63, 3.8) is 0 Å². The number of rotatable bonds is 4. The second kappa shape index (κ2) is 7.26. The first kappa shape index (κ1) is 19.0. The number of sulfonamides is 1. The van der Waals surface area contributed by atoms with E-state index in [2.05, 4.69) is 0 Å². The molecule has 6 heteroatoms. The summed E-state index contributed by atoms with van der Waals surface area (Å²) in [5, 5.41) is 0. The number of carbonyl (C=O) groups excluding carboxylic acids is 2. The lowest BCUT2D eigenvalue weighted by atomic mass is 9.70. The summed E-state index contributed by atoms with van der Waals surface area (Å²) in [4.78, 5) is 25.7. The molecule has 1 aliphatic carbocycles. The van der Waals surface area contributed by atoms with Gasteiger partial charge >= 0.3 is 0 Å². The third kappa shape index (κ3) is 3.42. The van der Waals surface area contributed by atoms with Gasteiger partial charge in [0.05, 0.1) is 4.90 Å². The molecule has 2 fully saturated rings. The summed E-state index contributed by atoms with van der Waals surface area (Å²) >= 11 is 0. The summed E-state index contributed by atoms with van der Waals surface area (Å²) in [7, 11) is -3.64. The molecule has 2 aromatic carbocycles. The molecule has 0 amide bonds. The molecule has 2 atom stereocenters. The summed E-state index contributed by atoms with van der Waals surface area (Å²) in [6, 6.07) is 15.9. The number of fused-ring (bicyclic) bond motifs is 2. The van der Waals surface area contributed by atoms with E-state index in [9.17, 15) is 18.0 Å². The molecule has 2 bridgehead atoms. The van der Waals surface area contributed by atoms with Crippen LogP contribution in [0.1, 0.15) is 28.8 Å². The maximum atomic E-state index is 13.0. The molecule has 2 unspecified atom stereocenters. The zero-order valence-corrected chi connectivity index (χ0v) is 16.6. The molecule has 0 radical (unpaired) electrons. The van der Waals surface area contributed by atoms with E-state index in [1.165, 1.54) is 4.31 Å². The first-order valence-corrected chi connectivity index (χ1v) is 11.0. The summed E-state index contributed by atoms with van der Waals surface area (Å²) in [5.74, 6) is -0.888. The number of carbonyl (C=O) groups is 2. The zero-order valence-electron chi connectivity index (χ0n) is 15.7. The van der Waals surface area contributed by atoms with E-state index in [-0.39, 0.29) is 35.5 Å². The van der Waals surface area contributed by atoms with E-state index < -0.39 is 21.9 Å². The normalized spacial score (nSPS) is 25.5. The van der Waals surface area contributed by atoms with Crippen LogP contribution in [0.25, 0.3) is 0 Å². The molecule has 1 aliphatic heterocycles. The molecule has 0 N–H and O–H groups in total. The molecule has 5 nitrogen and oxygen atoms in total. The molecule has 0 aromatic heterocycles. The van der Waals surface area contributed by atoms with Gasteiger partial charge in [0.1, 0.15) is 5.78 Å². The molecular weight excluding hydrogens is 374 g/mol. The Morgan fingerprint density at radius 1 is 0.929 bits per heavy atom. The number of benzene rings is 2. The van der Waals surface area contributed by atoms with Gasteiger partial charge in [-0.3, -0.25) is 9.59 Å². The Bertz CT molecular complexity index is 981. The first-order chi connectivity index (χ1) is 13.4. The number of hydrogen-bond acceptors (Lipinski definition) is 4. The van der Waals surface area contributed by atoms with Crippen LogP contribution in [0, 0.1) is 24.7 Å². The van der Waals surface area contributed by atoms with Gasteiger partial charge in [-0.2, -0.15) is 4.31 Å². The maximum Gasteiger partial charge on any atom is 0.243 e. The monoisotopic (exact) mass is 397 g/mol. The fourth-order valence-electron chi connectivity index (χ4n) is 4.35. The number of nitrogens with zero attached hydrogens (tertiary/aromatic N) is 1. The van der Waals surface area contributed by atoms with Crippen LogP contribution in [-0.4, -0.2) is 37.4 Å². The van der Waals surface area contributed by atoms with Crippen molar-refractivity contribution in [3.05, 3.63) is 65.7 Å². The summed E-state index contributed by atoms with van der Waals surface area (Å²) in [6.07, 6.45) is 0.839. The summed E-state index contributed by atoms with van der Waals surface area (Å²) in [6.45, 7) is 2.22. The van der Waals surface area contributed by atoms with Crippen molar-refractivity contribution >= 4 is 21.6 Å². The quantitative estimate of drug-likeness (QED) is 0.744. The highest BCUT2D eigenvalue weighted by Gasteiger charge is 2.46. The number of aryl methyl sites for hydroxylation is 1. The fraction of sp³-hybridized carbons (Fsp3) is 0.364. The lowest BCUT2D eigenvalue weighted by Crippen LogP contribution is -2.53. The van der Waals surface area contributed by atoms with Crippen molar-refractivity contribution in [3.8, 4) is 0 Å². The molecular formula is C22H23NO4S. The van der Waals surface area contributed by atoms with Crippen LogP contribution in [0.5, 0.6) is 0 Å². The third-order valence-electron chi connectivity index (χ3n) is 5.88. The van der Waals surface area contributed by atoms with Gasteiger partial charge in [-0.25, -0.2) is 8.42 Å². The predicted molar refractivity (Wildman–Crippen MR) is 105 cm³/mol. The molecule has 146 valence electrons. The van der Waals surface area contributed by atoms with Crippen molar-refractivity contribution in [2.75, 3.05) is 13.1 Å². The number of piperidine rings is 1. The van der Waals surface area contributed by atoms with Gasteiger partial charge in [0, 0.05) is 36.4 Å². The van der Waals surface area contributed by atoms with Crippen LogP contribution < -0.4 is 0 Å². The molecule has 1 saturated heterocycles. The van der Waals surface area contributed by atoms with Crippen LogP contribution in [0.2, 0.25) is 0 Å². The highest BCUT2D eigenvalue weighted by molar-refractivity contribution is 7.89. The third-order valence-corrected chi connectivity index (χ3v) is 7.72. The molecule has 1 saturated carbocycles. The van der Waals surface area contributed by atoms with Gasteiger partial charge in [-0.1, -0.05) is 48.0 Å². The van der Waals surface area contributed by atoms with E-state index in [0.717, 1.165) is 5.56 Å². The minimum atomic E-state index is -3.64. The average Bonchev–Trinajstić information content (AvgIpc) is 2.68. The Kier molecular flexibility index (Phi) is 4.93. The average molecular weight is 397 g/mol. The van der Waals surface area contributed by atoms with E-state index in [1.807, 2.05) is 25.1 Å². The SMILES string of the molecule is Cc1ccc(S(=O)(=O)N2CC3CC(C(=O)c4ccccc4)CC(C2)C3=O)cc1. The maximum absolute atomic E-state index is 13.0. The molecule has 2 aromatic rings. The first-order valence-electron chi connectivity index (χ1n) is 9.56. The minimum absolute atomic E-state index is 0.0536. The molecule has 2 aliphatic rings. The Morgan fingerprint density at radius 2 is 1.50 bits per heavy atom. The number of Topliss-reactive ketones (excluding diaryl/α,β-unsaturated/α-hetero) is 2. The Hall–Kier alpha value is -2.31. The predicted octanol–water partition coefficient (Wildman–Crippen LogP) is 3.09. The van der Waals surface area contributed by atoms with E-state index >= 15 is 0 Å².